The summed E-state index contributed by atoms with van der Waals surface area (Å²) in [5, 5.41) is 0.960. The van der Waals surface area contributed by atoms with Gasteiger partial charge in [0.05, 0.1) is 11.9 Å². The van der Waals surface area contributed by atoms with Crippen LogP contribution in [0.4, 0.5) is 0 Å². The Morgan fingerprint density at radius 2 is 1.89 bits per heavy atom. The lowest BCUT2D eigenvalue weighted by atomic mass is 10.2. The van der Waals surface area contributed by atoms with Crippen LogP contribution in [-0.4, -0.2) is 33.9 Å². The fraction of sp³-hybridized carbons (Fsp3) is 0.350. The number of aryl methyl sites for hydroxylation is 2. The van der Waals surface area contributed by atoms with Crippen LogP contribution in [0.25, 0.3) is 10.2 Å². The average molecular weight is 382 g/mol. The Balaban J connectivity index is 1.71. The van der Waals surface area contributed by atoms with E-state index in [1.54, 1.807) is 35.6 Å². The van der Waals surface area contributed by atoms with E-state index >= 15 is 0 Å². The summed E-state index contributed by atoms with van der Waals surface area (Å²) < 4.78 is 6.11. The number of carbonyl (C=O) groups excluding carboxylic acids is 1. The van der Waals surface area contributed by atoms with Crippen molar-refractivity contribution < 1.29 is 9.53 Å². The highest BCUT2D eigenvalue weighted by Crippen LogP contribution is 2.36. The fourth-order valence-corrected chi connectivity index (χ4v) is 4.38. The number of amides is 1. The summed E-state index contributed by atoms with van der Waals surface area (Å²) in [5.41, 5.74) is 6.90. The fourth-order valence-electron chi connectivity index (χ4n) is 3.34. The zero-order valence-electron chi connectivity index (χ0n) is 15.5. The van der Waals surface area contributed by atoms with Crippen LogP contribution in [0.3, 0.4) is 0 Å². The lowest BCUT2D eigenvalue weighted by molar-refractivity contribution is 0.100. The summed E-state index contributed by atoms with van der Waals surface area (Å²) in [6.45, 7) is 7.08. The second-order valence-electron chi connectivity index (χ2n) is 6.88. The number of hydrogen-bond acceptors (Lipinski definition) is 6. The Hall–Kier alpha value is -2.51. The van der Waals surface area contributed by atoms with Crippen molar-refractivity contribution in [3.63, 3.8) is 0 Å². The third-order valence-electron chi connectivity index (χ3n) is 4.96. The minimum atomic E-state index is -0.455. The SMILES string of the molecule is Cc1sc2nc(CN3CCCC3)nc(Oc3ccc(C(N)=O)cc3)c2c1C. The van der Waals surface area contributed by atoms with Crippen LogP contribution in [0.5, 0.6) is 11.6 Å². The maximum absolute atomic E-state index is 11.3. The van der Waals surface area contributed by atoms with E-state index < -0.39 is 5.91 Å². The van der Waals surface area contributed by atoms with Crippen molar-refractivity contribution in [2.75, 3.05) is 13.1 Å². The van der Waals surface area contributed by atoms with Crippen LogP contribution in [0.15, 0.2) is 24.3 Å². The third kappa shape index (κ3) is 3.65. The highest BCUT2D eigenvalue weighted by molar-refractivity contribution is 7.18. The first kappa shape index (κ1) is 17.9. The Morgan fingerprint density at radius 3 is 2.56 bits per heavy atom. The summed E-state index contributed by atoms with van der Waals surface area (Å²) in [6, 6.07) is 6.80. The molecule has 27 heavy (non-hydrogen) atoms. The molecule has 7 heteroatoms. The van der Waals surface area contributed by atoms with Gasteiger partial charge in [-0.05, 0) is 69.6 Å². The first-order valence-electron chi connectivity index (χ1n) is 9.08. The largest absolute Gasteiger partial charge is 0.438 e. The molecule has 140 valence electrons. The van der Waals surface area contributed by atoms with E-state index in [0.717, 1.165) is 41.2 Å². The lowest BCUT2D eigenvalue weighted by Crippen LogP contribution is -2.20. The summed E-state index contributed by atoms with van der Waals surface area (Å²) in [6.07, 6.45) is 2.46. The zero-order chi connectivity index (χ0) is 19.0. The van der Waals surface area contributed by atoms with Crippen LogP contribution in [-0.2, 0) is 6.54 Å². The van der Waals surface area contributed by atoms with Gasteiger partial charge in [0, 0.05) is 10.4 Å². The number of likely N-dealkylation sites (tertiary alicyclic amines) is 1. The number of fused-ring (bicyclic) bond motifs is 1. The van der Waals surface area contributed by atoms with Gasteiger partial charge < -0.3 is 10.5 Å². The molecule has 4 rings (SSSR count). The van der Waals surface area contributed by atoms with Gasteiger partial charge in [0.1, 0.15) is 16.4 Å². The second kappa shape index (κ2) is 7.25. The molecule has 2 aromatic heterocycles. The van der Waals surface area contributed by atoms with E-state index in [0.29, 0.717) is 17.2 Å². The molecule has 2 N–H and O–H groups in total. The molecule has 1 aromatic carbocycles. The topological polar surface area (TPSA) is 81.3 Å². The molecule has 1 amide bonds. The molecule has 0 unspecified atom stereocenters. The van der Waals surface area contributed by atoms with E-state index in [9.17, 15) is 4.79 Å². The molecular weight excluding hydrogens is 360 g/mol. The molecule has 1 aliphatic heterocycles. The first-order chi connectivity index (χ1) is 13.0. The van der Waals surface area contributed by atoms with E-state index in [1.165, 1.54) is 17.7 Å². The molecule has 6 nitrogen and oxygen atoms in total. The zero-order valence-corrected chi connectivity index (χ0v) is 16.3. The van der Waals surface area contributed by atoms with Gasteiger partial charge in [-0.25, -0.2) is 4.98 Å². The number of nitrogens with two attached hydrogens (primary N) is 1. The molecule has 1 aliphatic rings. The molecule has 0 saturated carbocycles. The molecule has 1 fully saturated rings. The summed E-state index contributed by atoms with van der Waals surface area (Å²) in [5.74, 6) is 1.52. The van der Waals surface area contributed by atoms with Gasteiger partial charge in [0.15, 0.2) is 0 Å². The standard InChI is InChI=1S/C20H22N4O2S/c1-12-13(2)27-20-17(12)19(22-16(23-20)11-24-9-3-4-10-24)26-15-7-5-14(6-8-15)18(21)25/h5-8H,3-4,9-11H2,1-2H3,(H2,21,25). The number of rotatable bonds is 5. The number of thiophene rings is 1. The lowest BCUT2D eigenvalue weighted by Gasteiger charge is -2.14. The Labute approximate surface area is 162 Å². The van der Waals surface area contributed by atoms with E-state index in [1.807, 2.05) is 0 Å². The van der Waals surface area contributed by atoms with Crippen molar-refractivity contribution in [1.29, 1.82) is 0 Å². The number of nitrogens with zero attached hydrogens (tertiary/aromatic N) is 3. The number of ether oxygens (including phenoxy) is 1. The summed E-state index contributed by atoms with van der Waals surface area (Å²) in [7, 11) is 0. The quantitative estimate of drug-likeness (QED) is 0.726. The van der Waals surface area contributed by atoms with Gasteiger partial charge >= 0.3 is 0 Å². The van der Waals surface area contributed by atoms with Crippen molar-refractivity contribution >= 4 is 27.5 Å². The number of hydrogen-bond donors (Lipinski definition) is 1. The van der Waals surface area contributed by atoms with E-state index in [2.05, 4.69) is 18.7 Å². The average Bonchev–Trinajstić information content (AvgIpc) is 3.24. The van der Waals surface area contributed by atoms with Gasteiger partial charge in [-0.15, -0.1) is 11.3 Å². The highest BCUT2D eigenvalue weighted by Gasteiger charge is 2.19. The Morgan fingerprint density at radius 1 is 1.19 bits per heavy atom. The van der Waals surface area contributed by atoms with Gasteiger partial charge in [-0.2, -0.15) is 4.98 Å². The summed E-state index contributed by atoms with van der Waals surface area (Å²) in [4.78, 5) is 25.3. The van der Waals surface area contributed by atoms with Gasteiger partial charge in [0.2, 0.25) is 11.8 Å². The maximum atomic E-state index is 11.3. The summed E-state index contributed by atoms with van der Waals surface area (Å²) >= 11 is 1.67. The smallest absolute Gasteiger partial charge is 0.248 e. The maximum Gasteiger partial charge on any atom is 0.248 e. The molecule has 1 saturated heterocycles. The Bertz CT molecular complexity index is 991. The second-order valence-corrected chi connectivity index (χ2v) is 8.09. The monoisotopic (exact) mass is 382 g/mol. The van der Waals surface area contributed by atoms with Crippen LogP contribution in [0.2, 0.25) is 0 Å². The van der Waals surface area contributed by atoms with Gasteiger partial charge in [0.25, 0.3) is 0 Å². The molecule has 0 radical (unpaired) electrons. The highest BCUT2D eigenvalue weighted by atomic mass is 32.1. The number of primary amides is 1. The van der Waals surface area contributed by atoms with Gasteiger partial charge in [-0.3, -0.25) is 9.69 Å². The number of carbonyl (C=O) groups is 1. The molecule has 0 bridgehead atoms. The van der Waals surface area contributed by atoms with E-state index in [-0.39, 0.29) is 0 Å². The predicted octanol–water partition coefficient (Wildman–Crippen LogP) is 3.80. The normalized spacial score (nSPS) is 14.7. The van der Waals surface area contributed by atoms with Crippen LogP contribution in [0, 0.1) is 13.8 Å². The Kier molecular flexibility index (Phi) is 4.80. The third-order valence-corrected chi connectivity index (χ3v) is 6.06. The van der Waals surface area contributed by atoms with Crippen molar-refractivity contribution in [2.24, 2.45) is 5.73 Å². The minimum Gasteiger partial charge on any atom is -0.438 e. The van der Waals surface area contributed by atoms with Crippen molar-refractivity contribution in [3.05, 3.63) is 46.1 Å². The van der Waals surface area contributed by atoms with Gasteiger partial charge in [-0.1, -0.05) is 0 Å². The molecule has 0 spiro atoms. The van der Waals surface area contributed by atoms with Crippen LogP contribution < -0.4 is 10.5 Å². The number of benzene rings is 1. The predicted molar refractivity (Wildman–Crippen MR) is 106 cm³/mol. The number of aromatic nitrogens is 2. The molecular formula is C20H22N4O2S. The molecule has 0 atom stereocenters. The van der Waals surface area contributed by atoms with Crippen LogP contribution >= 0.6 is 11.3 Å². The van der Waals surface area contributed by atoms with Crippen molar-refractivity contribution in [2.45, 2.75) is 33.2 Å². The van der Waals surface area contributed by atoms with E-state index in [4.69, 9.17) is 20.4 Å². The molecule has 3 heterocycles. The van der Waals surface area contributed by atoms with Crippen molar-refractivity contribution in [1.82, 2.24) is 14.9 Å². The van der Waals surface area contributed by atoms with Crippen molar-refractivity contribution in [3.8, 4) is 11.6 Å². The minimum absolute atomic E-state index is 0.451. The van der Waals surface area contributed by atoms with Crippen LogP contribution in [0.1, 0.15) is 39.5 Å². The molecule has 3 aromatic rings. The first-order valence-corrected chi connectivity index (χ1v) is 9.89. The molecule has 0 aliphatic carbocycles.